The Labute approximate surface area is 182 Å². The minimum absolute atomic E-state index is 0.210. The molecule has 32 heavy (non-hydrogen) atoms. The third-order valence-corrected chi connectivity index (χ3v) is 5.01. The lowest BCUT2D eigenvalue weighted by molar-refractivity contribution is 0.0166. The highest BCUT2D eigenvalue weighted by Crippen LogP contribution is 2.26. The van der Waals surface area contributed by atoms with E-state index in [-0.39, 0.29) is 29.4 Å². The van der Waals surface area contributed by atoms with Crippen LogP contribution in [0.2, 0.25) is 0 Å². The van der Waals surface area contributed by atoms with Gasteiger partial charge in [-0.2, -0.15) is 10.2 Å². The van der Waals surface area contributed by atoms with Crippen LogP contribution in [-0.4, -0.2) is 48.4 Å². The second-order valence-electron chi connectivity index (χ2n) is 7.36. The number of carbonyl (C=O) groups is 1. The summed E-state index contributed by atoms with van der Waals surface area (Å²) in [6.07, 6.45) is 5.53. The fraction of sp³-hybridized carbons (Fsp3) is 0.381. The smallest absolute Gasteiger partial charge is 0.273 e. The lowest BCUT2D eigenvalue weighted by Gasteiger charge is -2.29. The summed E-state index contributed by atoms with van der Waals surface area (Å²) in [4.78, 5) is 23.5. The van der Waals surface area contributed by atoms with Gasteiger partial charge in [-0.1, -0.05) is 0 Å². The van der Waals surface area contributed by atoms with E-state index < -0.39 is 23.5 Å². The molecule has 0 fully saturated rings. The van der Waals surface area contributed by atoms with Gasteiger partial charge in [-0.15, -0.1) is 4.80 Å². The molecule has 170 valence electrons. The van der Waals surface area contributed by atoms with Crippen molar-refractivity contribution in [3.8, 4) is 5.69 Å². The van der Waals surface area contributed by atoms with Crippen molar-refractivity contribution in [1.82, 2.24) is 29.9 Å². The van der Waals surface area contributed by atoms with E-state index in [0.717, 1.165) is 30.2 Å². The molecule has 2 aromatic heterocycles. The number of hydrogen-bond acceptors (Lipinski definition) is 5. The van der Waals surface area contributed by atoms with Crippen LogP contribution in [0.1, 0.15) is 48.9 Å². The van der Waals surface area contributed by atoms with Crippen LogP contribution < -0.4 is 0 Å². The number of amides is 1. The van der Waals surface area contributed by atoms with Gasteiger partial charge in [0, 0.05) is 44.4 Å². The Hall–Kier alpha value is -3.37. The first-order chi connectivity index (χ1) is 15.1. The lowest BCUT2D eigenvalue weighted by atomic mass is 10.1. The van der Waals surface area contributed by atoms with Crippen molar-refractivity contribution in [2.45, 2.75) is 45.6 Å². The summed E-state index contributed by atoms with van der Waals surface area (Å²) in [7, 11) is 0. The Bertz CT molecular complexity index is 1070. The van der Waals surface area contributed by atoms with Gasteiger partial charge in [0.1, 0.15) is 17.3 Å². The van der Waals surface area contributed by atoms with Crippen LogP contribution in [0.25, 0.3) is 5.69 Å². The van der Waals surface area contributed by atoms with E-state index in [9.17, 15) is 22.4 Å². The van der Waals surface area contributed by atoms with E-state index in [2.05, 4.69) is 20.2 Å². The molecular weight excluding hydrogens is 428 g/mol. The molecule has 1 atom stereocenters. The predicted molar refractivity (Wildman–Crippen MR) is 107 cm³/mol. The average molecular weight is 450 g/mol. The van der Waals surface area contributed by atoms with E-state index >= 15 is 0 Å². The summed E-state index contributed by atoms with van der Waals surface area (Å²) in [5, 5.41) is 7.71. The molecule has 1 aromatic carbocycles. The number of alkyl halides is 2. The van der Waals surface area contributed by atoms with Gasteiger partial charge in [0.05, 0.1) is 23.5 Å². The Morgan fingerprint density at radius 1 is 1.16 bits per heavy atom. The predicted octanol–water partition coefficient (Wildman–Crippen LogP) is 3.93. The molecule has 0 aliphatic heterocycles. The SMILES string of the molecule is CCN(C(=O)c1cc(F)cc(F)c1-n1nccn1)[C@@H](C)CCc1ncc(C(C)(F)F)cn1. The first kappa shape index (κ1) is 23.3. The summed E-state index contributed by atoms with van der Waals surface area (Å²) in [6, 6.07) is 1.26. The number of aryl methyl sites for hydroxylation is 1. The molecule has 0 radical (unpaired) electrons. The normalized spacial score (nSPS) is 12.6. The summed E-state index contributed by atoms with van der Waals surface area (Å²) in [6.45, 7) is 4.55. The number of aromatic nitrogens is 5. The van der Waals surface area contributed by atoms with Gasteiger partial charge < -0.3 is 4.90 Å². The quantitative estimate of drug-likeness (QED) is 0.486. The Morgan fingerprint density at radius 2 is 1.78 bits per heavy atom. The minimum atomic E-state index is -3.03. The first-order valence-electron chi connectivity index (χ1n) is 9.97. The molecule has 3 aromatic rings. The van der Waals surface area contributed by atoms with Crippen molar-refractivity contribution < 1.29 is 22.4 Å². The third-order valence-electron chi connectivity index (χ3n) is 5.01. The van der Waals surface area contributed by atoms with Gasteiger partial charge in [0.25, 0.3) is 11.8 Å². The zero-order valence-electron chi connectivity index (χ0n) is 17.8. The van der Waals surface area contributed by atoms with Crippen LogP contribution in [0.4, 0.5) is 17.6 Å². The second-order valence-corrected chi connectivity index (χ2v) is 7.36. The number of hydrogen-bond donors (Lipinski definition) is 0. The van der Waals surface area contributed by atoms with E-state index in [1.54, 1.807) is 13.8 Å². The van der Waals surface area contributed by atoms with Crippen molar-refractivity contribution in [3.63, 3.8) is 0 Å². The number of carbonyl (C=O) groups excluding carboxylic acids is 1. The van der Waals surface area contributed by atoms with Crippen LogP contribution in [0.15, 0.2) is 36.9 Å². The number of rotatable bonds is 8. The van der Waals surface area contributed by atoms with Crippen molar-refractivity contribution in [3.05, 3.63) is 65.5 Å². The van der Waals surface area contributed by atoms with E-state index in [1.165, 1.54) is 17.3 Å². The molecule has 0 aliphatic rings. The highest BCUT2D eigenvalue weighted by Gasteiger charge is 2.27. The molecule has 0 saturated carbocycles. The molecule has 0 saturated heterocycles. The molecule has 2 heterocycles. The molecule has 0 N–H and O–H groups in total. The molecular formula is C21H22F4N6O. The number of benzene rings is 1. The van der Waals surface area contributed by atoms with Crippen molar-refractivity contribution in [2.75, 3.05) is 6.54 Å². The zero-order chi connectivity index (χ0) is 23.5. The van der Waals surface area contributed by atoms with E-state index in [4.69, 9.17) is 0 Å². The average Bonchev–Trinajstić information content (AvgIpc) is 3.26. The fourth-order valence-corrected chi connectivity index (χ4v) is 3.28. The maximum Gasteiger partial charge on any atom is 0.273 e. The van der Waals surface area contributed by atoms with Crippen molar-refractivity contribution >= 4 is 5.91 Å². The van der Waals surface area contributed by atoms with Crippen molar-refractivity contribution in [2.24, 2.45) is 0 Å². The topological polar surface area (TPSA) is 76.8 Å². The van der Waals surface area contributed by atoms with Gasteiger partial charge in [0.15, 0.2) is 5.82 Å². The molecule has 0 aliphatic carbocycles. The van der Waals surface area contributed by atoms with Crippen molar-refractivity contribution in [1.29, 1.82) is 0 Å². The first-order valence-corrected chi connectivity index (χ1v) is 9.97. The van der Waals surface area contributed by atoms with Crippen LogP contribution in [0, 0.1) is 11.6 Å². The van der Waals surface area contributed by atoms with Gasteiger partial charge in [-0.05, 0) is 26.3 Å². The van der Waals surface area contributed by atoms with Gasteiger partial charge in [-0.25, -0.2) is 27.5 Å². The number of halogens is 4. The summed E-state index contributed by atoms with van der Waals surface area (Å²) in [5.74, 6) is -5.13. The molecule has 0 bridgehead atoms. The van der Waals surface area contributed by atoms with Gasteiger partial charge in [-0.3, -0.25) is 4.79 Å². The standard InChI is InChI=1S/C21H22F4N6O/c1-4-30(13(2)5-6-18-26-11-14(12-27-18)21(3,24)25)20(32)16-9-15(22)10-17(23)19(16)31-28-7-8-29-31/h7-13H,4-6H2,1-3H3/t13-/m0/s1. The summed E-state index contributed by atoms with van der Waals surface area (Å²) in [5.41, 5.74) is -0.739. The van der Waals surface area contributed by atoms with E-state index in [0.29, 0.717) is 24.7 Å². The minimum Gasteiger partial charge on any atom is -0.336 e. The van der Waals surface area contributed by atoms with E-state index in [1.807, 2.05) is 0 Å². The third kappa shape index (κ3) is 5.09. The number of nitrogens with zero attached hydrogens (tertiary/aromatic N) is 6. The molecule has 3 rings (SSSR count). The fourth-order valence-electron chi connectivity index (χ4n) is 3.28. The van der Waals surface area contributed by atoms with Crippen LogP contribution in [0.5, 0.6) is 0 Å². The highest BCUT2D eigenvalue weighted by molar-refractivity contribution is 5.98. The second kappa shape index (κ2) is 9.41. The monoisotopic (exact) mass is 450 g/mol. The molecule has 1 amide bonds. The van der Waals surface area contributed by atoms with Gasteiger partial charge in [0.2, 0.25) is 0 Å². The molecule has 11 heteroatoms. The van der Waals surface area contributed by atoms with Gasteiger partial charge >= 0.3 is 0 Å². The maximum atomic E-state index is 14.5. The summed E-state index contributed by atoms with van der Waals surface area (Å²) < 4.78 is 55.1. The lowest BCUT2D eigenvalue weighted by Crippen LogP contribution is -2.39. The molecule has 0 unspecified atom stereocenters. The zero-order valence-corrected chi connectivity index (χ0v) is 17.8. The summed E-state index contributed by atoms with van der Waals surface area (Å²) >= 11 is 0. The maximum absolute atomic E-state index is 14.5. The van der Waals surface area contributed by atoms with Crippen LogP contribution >= 0.6 is 0 Å². The highest BCUT2D eigenvalue weighted by atomic mass is 19.3. The largest absolute Gasteiger partial charge is 0.336 e. The molecule has 0 spiro atoms. The molecule has 7 nitrogen and oxygen atoms in total. The Morgan fingerprint density at radius 3 is 2.34 bits per heavy atom. The van der Waals surface area contributed by atoms with Crippen LogP contribution in [-0.2, 0) is 12.3 Å². The van der Waals surface area contributed by atoms with Crippen LogP contribution in [0.3, 0.4) is 0 Å². The Kier molecular flexibility index (Phi) is 6.85. The Balaban J connectivity index is 1.79.